The molecule has 110 valence electrons. The Labute approximate surface area is 119 Å². The molecule has 0 amide bonds. The molecule has 0 aliphatic heterocycles. The van der Waals surface area contributed by atoms with Gasteiger partial charge in [-0.1, -0.05) is 0 Å². The van der Waals surface area contributed by atoms with E-state index in [-0.39, 0.29) is 12.6 Å². The van der Waals surface area contributed by atoms with Crippen molar-refractivity contribution < 1.29 is 0 Å². The third kappa shape index (κ3) is 3.00. The Morgan fingerprint density at radius 2 is 2.14 bits per heavy atom. The quantitative estimate of drug-likeness (QED) is 0.609. The van der Waals surface area contributed by atoms with Crippen molar-refractivity contribution in [3.05, 3.63) is 50.7 Å². The maximum absolute atomic E-state index is 11.6. The number of aromatic nitrogens is 4. The van der Waals surface area contributed by atoms with Crippen LogP contribution < -0.4 is 22.3 Å². The van der Waals surface area contributed by atoms with Gasteiger partial charge in [-0.2, -0.15) is 0 Å². The number of nitrogens with one attached hydrogen (secondary N) is 3. The van der Waals surface area contributed by atoms with Crippen LogP contribution in [0.1, 0.15) is 30.0 Å². The SMILES string of the molecule is NC1CC(c2cc(NCc3c[nH]c(=O)[nH]c3=O)ncn2)C1. The van der Waals surface area contributed by atoms with Crippen molar-refractivity contribution in [1.82, 2.24) is 19.9 Å². The molecule has 1 fully saturated rings. The molecule has 0 bridgehead atoms. The van der Waals surface area contributed by atoms with E-state index < -0.39 is 11.2 Å². The van der Waals surface area contributed by atoms with Crippen molar-refractivity contribution >= 4 is 5.82 Å². The first-order chi connectivity index (χ1) is 10.1. The minimum absolute atomic E-state index is 0.265. The Morgan fingerprint density at radius 3 is 2.86 bits per heavy atom. The fourth-order valence-corrected chi connectivity index (χ4v) is 2.35. The number of anilines is 1. The zero-order chi connectivity index (χ0) is 14.8. The smallest absolute Gasteiger partial charge is 0.325 e. The Balaban J connectivity index is 1.69. The van der Waals surface area contributed by atoms with Gasteiger partial charge in [0.1, 0.15) is 12.1 Å². The lowest BCUT2D eigenvalue weighted by Crippen LogP contribution is -2.35. The standard InChI is InChI=1S/C13H16N6O2/c14-9-1-7(2-9)10-3-11(18-6-17-10)15-4-8-5-16-13(21)19-12(8)20/h3,5-7,9H,1-2,4,14H2,(H,15,17,18)(H2,16,19,20,21). The summed E-state index contributed by atoms with van der Waals surface area (Å²) in [6, 6.07) is 2.14. The van der Waals surface area contributed by atoms with E-state index >= 15 is 0 Å². The first-order valence-electron chi connectivity index (χ1n) is 6.74. The van der Waals surface area contributed by atoms with Crippen LogP contribution in [0.2, 0.25) is 0 Å². The summed E-state index contributed by atoms with van der Waals surface area (Å²) in [6.45, 7) is 0.271. The van der Waals surface area contributed by atoms with Crippen molar-refractivity contribution in [1.29, 1.82) is 0 Å². The van der Waals surface area contributed by atoms with Crippen LogP contribution in [0.3, 0.4) is 0 Å². The predicted octanol–water partition coefficient (Wildman–Crippen LogP) is -0.330. The molecule has 8 heteroatoms. The highest BCUT2D eigenvalue weighted by Gasteiger charge is 2.28. The highest BCUT2D eigenvalue weighted by Crippen LogP contribution is 2.34. The molecule has 5 N–H and O–H groups in total. The number of hydrogen-bond donors (Lipinski definition) is 4. The molecule has 3 rings (SSSR count). The third-order valence-electron chi connectivity index (χ3n) is 3.64. The molecule has 2 aromatic heterocycles. The van der Waals surface area contributed by atoms with Crippen molar-refractivity contribution in [3.8, 4) is 0 Å². The highest BCUT2D eigenvalue weighted by atomic mass is 16.2. The largest absolute Gasteiger partial charge is 0.366 e. The van der Waals surface area contributed by atoms with Gasteiger partial charge >= 0.3 is 5.69 Å². The van der Waals surface area contributed by atoms with Crippen molar-refractivity contribution in [2.45, 2.75) is 31.3 Å². The topological polar surface area (TPSA) is 130 Å². The summed E-state index contributed by atoms with van der Waals surface area (Å²) in [4.78, 5) is 35.5. The van der Waals surface area contributed by atoms with Crippen LogP contribution in [0.15, 0.2) is 28.2 Å². The van der Waals surface area contributed by atoms with E-state index in [0.29, 0.717) is 17.3 Å². The monoisotopic (exact) mass is 288 g/mol. The number of aromatic amines is 2. The minimum Gasteiger partial charge on any atom is -0.366 e. The van der Waals surface area contributed by atoms with E-state index in [9.17, 15) is 9.59 Å². The van der Waals surface area contributed by atoms with Crippen LogP contribution in [0.5, 0.6) is 0 Å². The number of nitrogens with two attached hydrogens (primary N) is 1. The highest BCUT2D eigenvalue weighted by molar-refractivity contribution is 5.37. The molecule has 1 aliphatic carbocycles. The average molecular weight is 288 g/mol. The molecule has 0 unspecified atom stereocenters. The van der Waals surface area contributed by atoms with Gasteiger partial charge in [0, 0.05) is 36.5 Å². The summed E-state index contributed by atoms with van der Waals surface area (Å²) >= 11 is 0. The fourth-order valence-electron chi connectivity index (χ4n) is 2.35. The zero-order valence-electron chi connectivity index (χ0n) is 11.3. The molecule has 0 radical (unpaired) electrons. The molecule has 0 spiro atoms. The Hall–Kier alpha value is -2.48. The predicted molar refractivity (Wildman–Crippen MR) is 77.0 cm³/mol. The molecule has 8 nitrogen and oxygen atoms in total. The van der Waals surface area contributed by atoms with Crippen molar-refractivity contribution in [2.24, 2.45) is 5.73 Å². The molecule has 0 saturated heterocycles. The van der Waals surface area contributed by atoms with Crippen LogP contribution >= 0.6 is 0 Å². The van der Waals surface area contributed by atoms with Gasteiger partial charge in [0.2, 0.25) is 0 Å². The van der Waals surface area contributed by atoms with Crippen LogP contribution in [0, 0.1) is 0 Å². The van der Waals surface area contributed by atoms with Crippen LogP contribution in [-0.4, -0.2) is 26.0 Å². The summed E-state index contributed by atoms with van der Waals surface area (Å²) in [5, 5.41) is 3.05. The molecule has 2 aromatic rings. The molecule has 0 aromatic carbocycles. The lowest BCUT2D eigenvalue weighted by atomic mass is 9.79. The van der Waals surface area contributed by atoms with Gasteiger partial charge in [0.25, 0.3) is 5.56 Å². The Kier molecular flexibility index (Phi) is 3.53. The summed E-state index contributed by atoms with van der Waals surface area (Å²) < 4.78 is 0. The van der Waals surface area contributed by atoms with E-state index in [4.69, 9.17) is 5.73 Å². The summed E-state index contributed by atoms with van der Waals surface area (Å²) in [6.07, 6.45) is 4.77. The van der Waals surface area contributed by atoms with Crippen LogP contribution in [0.4, 0.5) is 5.82 Å². The van der Waals surface area contributed by atoms with Gasteiger partial charge in [0.05, 0.1) is 5.56 Å². The van der Waals surface area contributed by atoms with Gasteiger partial charge in [-0.25, -0.2) is 14.8 Å². The van der Waals surface area contributed by atoms with E-state index in [2.05, 4.69) is 25.3 Å². The molecule has 1 aliphatic rings. The number of H-pyrrole nitrogens is 2. The van der Waals surface area contributed by atoms with Crippen LogP contribution in [-0.2, 0) is 6.54 Å². The van der Waals surface area contributed by atoms with Gasteiger partial charge in [-0.15, -0.1) is 0 Å². The molecular formula is C13H16N6O2. The molecular weight excluding hydrogens is 272 g/mol. The third-order valence-corrected chi connectivity index (χ3v) is 3.64. The van der Waals surface area contributed by atoms with Gasteiger partial charge in [-0.05, 0) is 12.8 Å². The summed E-state index contributed by atoms with van der Waals surface area (Å²) in [7, 11) is 0. The molecule has 21 heavy (non-hydrogen) atoms. The second kappa shape index (κ2) is 5.49. The lowest BCUT2D eigenvalue weighted by Gasteiger charge is -2.31. The normalized spacial score (nSPS) is 20.8. The second-order valence-corrected chi connectivity index (χ2v) is 5.21. The maximum atomic E-state index is 11.6. The van der Waals surface area contributed by atoms with E-state index in [1.807, 2.05) is 6.07 Å². The van der Waals surface area contributed by atoms with Gasteiger partial charge in [0.15, 0.2) is 0 Å². The number of hydrogen-bond acceptors (Lipinski definition) is 6. The Morgan fingerprint density at radius 1 is 1.33 bits per heavy atom. The first-order valence-corrected chi connectivity index (χ1v) is 6.74. The first kappa shape index (κ1) is 13.5. The zero-order valence-corrected chi connectivity index (χ0v) is 11.3. The van der Waals surface area contributed by atoms with E-state index in [1.165, 1.54) is 12.5 Å². The number of rotatable bonds is 4. The minimum atomic E-state index is -0.519. The molecule has 2 heterocycles. The maximum Gasteiger partial charge on any atom is 0.325 e. The van der Waals surface area contributed by atoms with Crippen molar-refractivity contribution in [2.75, 3.05) is 5.32 Å². The van der Waals surface area contributed by atoms with Gasteiger partial charge < -0.3 is 16.0 Å². The fraction of sp³-hybridized carbons (Fsp3) is 0.385. The molecule has 1 saturated carbocycles. The number of nitrogens with zero attached hydrogens (tertiary/aromatic N) is 2. The van der Waals surface area contributed by atoms with Crippen LogP contribution in [0.25, 0.3) is 0 Å². The second-order valence-electron chi connectivity index (χ2n) is 5.21. The van der Waals surface area contributed by atoms with E-state index in [0.717, 1.165) is 18.5 Å². The average Bonchev–Trinajstić information content (AvgIpc) is 2.43. The van der Waals surface area contributed by atoms with E-state index in [1.54, 1.807) is 0 Å². The van der Waals surface area contributed by atoms with Crippen molar-refractivity contribution in [3.63, 3.8) is 0 Å². The summed E-state index contributed by atoms with van der Waals surface area (Å²) in [5.74, 6) is 1.03. The molecule has 0 atom stereocenters. The lowest BCUT2D eigenvalue weighted by molar-refractivity contribution is 0.345. The summed E-state index contributed by atoms with van der Waals surface area (Å²) in [5.41, 5.74) is 6.24. The Bertz CT molecular complexity index is 747. The van der Waals surface area contributed by atoms with Gasteiger partial charge in [-0.3, -0.25) is 9.78 Å².